The summed E-state index contributed by atoms with van der Waals surface area (Å²) in [6.07, 6.45) is 7.56. The fourth-order valence-electron chi connectivity index (χ4n) is 7.75. The van der Waals surface area contributed by atoms with Crippen molar-refractivity contribution in [3.63, 3.8) is 0 Å². The summed E-state index contributed by atoms with van der Waals surface area (Å²) < 4.78 is 4.74. The second-order valence-corrected chi connectivity index (χ2v) is 12.6. The van der Waals surface area contributed by atoms with Gasteiger partial charge in [-0.3, -0.25) is 4.57 Å². The third-order valence-electron chi connectivity index (χ3n) is 9.86. The number of allylic oxidation sites excluding steroid dienone is 4. The smallest absolute Gasteiger partial charge is 0.164 e. The molecule has 0 radical (unpaired) electrons. The maximum absolute atomic E-state index is 5.42. The lowest BCUT2D eigenvalue weighted by molar-refractivity contribution is 0.860. The predicted molar refractivity (Wildman–Crippen MR) is 199 cm³/mol. The fourth-order valence-corrected chi connectivity index (χ4v) is 7.75. The molecule has 10 rings (SSSR count). The van der Waals surface area contributed by atoms with Gasteiger partial charge >= 0.3 is 0 Å². The molecule has 0 aliphatic heterocycles. The molecule has 4 heteroatoms. The van der Waals surface area contributed by atoms with Gasteiger partial charge in [0, 0.05) is 33.2 Å². The average molecular weight is 615 g/mol. The van der Waals surface area contributed by atoms with Crippen molar-refractivity contribution in [1.82, 2.24) is 19.1 Å². The summed E-state index contributed by atoms with van der Waals surface area (Å²) in [5, 5.41) is 4.92. The number of benzene rings is 6. The van der Waals surface area contributed by atoms with Gasteiger partial charge < -0.3 is 4.57 Å². The number of hydrogen-bond donors (Lipinski definition) is 0. The van der Waals surface area contributed by atoms with E-state index < -0.39 is 0 Å². The number of nitrogens with zero attached hydrogens (tertiary/aromatic N) is 4. The van der Waals surface area contributed by atoms with E-state index in [-0.39, 0.29) is 5.92 Å². The van der Waals surface area contributed by atoms with Crippen LogP contribution in [0.2, 0.25) is 0 Å². The largest absolute Gasteiger partial charge is 0.309 e. The lowest BCUT2D eigenvalue weighted by atomic mass is 9.87. The van der Waals surface area contributed by atoms with Crippen LogP contribution in [0.5, 0.6) is 0 Å². The van der Waals surface area contributed by atoms with Crippen LogP contribution in [0.25, 0.3) is 71.7 Å². The third-order valence-corrected chi connectivity index (χ3v) is 9.86. The molecule has 3 heterocycles. The molecule has 4 nitrogen and oxygen atoms in total. The molecule has 0 saturated heterocycles. The van der Waals surface area contributed by atoms with Crippen molar-refractivity contribution in [1.29, 1.82) is 0 Å². The Morgan fingerprint density at radius 2 is 1.06 bits per heavy atom. The van der Waals surface area contributed by atoms with Gasteiger partial charge in [-0.1, -0.05) is 115 Å². The van der Waals surface area contributed by atoms with Gasteiger partial charge in [0.15, 0.2) is 5.82 Å². The molecular formula is C44H30N4. The summed E-state index contributed by atoms with van der Waals surface area (Å²) in [5.74, 6) is 1.13. The predicted octanol–water partition coefficient (Wildman–Crippen LogP) is 11.0. The summed E-state index contributed by atoms with van der Waals surface area (Å²) in [5.41, 5.74) is 11.0. The second kappa shape index (κ2) is 10.6. The Hall–Kier alpha value is -6.26. The highest BCUT2D eigenvalue weighted by Gasteiger charge is 2.25. The topological polar surface area (TPSA) is 35.6 Å². The highest BCUT2D eigenvalue weighted by atomic mass is 15.1. The summed E-state index contributed by atoms with van der Waals surface area (Å²) >= 11 is 0. The molecule has 0 saturated carbocycles. The molecule has 0 bridgehead atoms. The standard InChI is InChI=1S/C44H30N4/c1-3-14-29(15-4-1)30-16-13-17-31(28-30)43-44(46-36-23-10-9-22-35(36)45-43)48-38-25-12-8-21-34(38)42-40(48)27-26-39-41(42)33-20-7-11-24-37(33)47(39)32-18-5-2-6-19-32/h1-27,30H,28H2. The second-order valence-electron chi connectivity index (χ2n) is 12.6. The number of hydrogen-bond acceptors (Lipinski definition) is 2. The molecule has 0 amide bonds. The Balaban J connectivity index is 1.29. The number of para-hydroxylation sites is 5. The van der Waals surface area contributed by atoms with Crippen LogP contribution < -0.4 is 0 Å². The van der Waals surface area contributed by atoms with Crippen molar-refractivity contribution >= 4 is 60.2 Å². The van der Waals surface area contributed by atoms with Crippen molar-refractivity contribution in [2.24, 2.45) is 0 Å². The Kier molecular flexibility index (Phi) is 5.97. The van der Waals surface area contributed by atoms with Crippen molar-refractivity contribution in [2.45, 2.75) is 12.3 Å². The Morgan fingerprint density at radius 1 is 0.500 bits per heavy atom. The van der Waals surface area contributed by atoms with Crippen LogP contribution in [-0.2, 0) is 0 Å². The minimum absolute atomic E-state index is 0.272. The molecule has 0 spiro atoms. The molecule has 1 atom stereocenters. The van der Waals surface area contributed by atoms with E-state index in [1.54, 1.807) is 0 Å². The number of rotatable bonds is 4. The first kappa shape index (κ1) is 26.9. The van der Waals surface area contributed by atoms with Crippen LogP contribution in [0.1, 0.15) is 23.6 Å². The lowest BCUT2D eigenvalue weighted by Crippen LogP contribution is -2.09. The van der Waals surface area contributed by atoms with Crippen molar-refractivity contribution in [2.75, 3.05) is 0 Å². The van der Waals surface area contributed by atoms with Gasteiger partial charge in [0.05, 0.1) is 33.1 Å². The summed E-state index contributed by atoms with van der Waals surface area (Å²) in [6.45, 7) is 0. The van der Waals surface area contributed by atoms with Gasteiger partial charge in [-0.15, -0.1) is 0 Å². The molecule has 1 aliphatic rings. The van der Waals surface area contributed by atoms with Gasteiger partial charge in [-0.05, 0) is 66.1 Å². The first-order chi connectivity index (χ1) is 23.8. The van der Waals surface area contributed by atoms with Crippen molar-refractivity contribution in [3.8, 4) is 11.5 Å². The van der Waals surface area contributed by atoms with E-state index in [4.69, 9.17) is 9.97 Å². The minimum atomic E-state index is 0.272. The molecule has 0 fully saturated rings. The Morgan fingerprint density at radius 3 is 1.77 bits per heavy atom. The van der Waals surface area contributed by atoms with E-state index in [1.165, 1.54) is 43.7 Å². The quantitative estimate of drug-likeness (QED) is 0.198. The van der Waals surface area contributed by atoms with E-state index in [1.807, 2.05) is 12.1 Å². The highest BCUT2D eigenvalue weighted by Crippen LogP contribution is 2.43. The SMILES string of the molecule is C1=CC(c2ccccc2)CC(c2nc3ccccc3nc2-n2c3ccccc3c3c4c5ccccc5n(-c5ccccc5)c4ccc32)=C1. The molecule has 48 heavy (non-hydrogen) atoms. The van der Waals surface area contributed by atoms with Gasteiger partial charge in [-0.25, -0.2) is 9.97 Å². The van der Waals surface area contributed by atoms with Crippen LogP contribution >= 0.6 is 0 Å². The molecule has 226 valence electrons. The molecule has 1 unspecified atom stereocenters. The highest BCUT2D eigenvalue weighted by molar-refractivity contribution is 6.28. The molecule has 9 aromatic rings. The van der Waals surface area contributed by atoms with Gasteiger partial charge in [0.1, 0.15) is 5.69 Å². The molecule has 3 aromatic heterocycles. The van der Waals surface area contributed by atoms with E-state index in [0.29, 0.717) is 0 Å². The van der Waals surface area contributed by atoms with Gasteiger partial charge in [0.2, 0.25) is 0 Å². The van der Waals surface area contributed by atoms with E-state index in [0.717, 1.165) is 45.7 Å². The van der Waals surface area contributed by atoms with E-state index in [2.05, 4.69) is 161 Å². The summed E-state index contributed by atoms with van der Waals surface area (Å²) in [7, 11) is 0. The van der Waals surface area contributed by atoms with Crippen molar-refractivity contribution in [3.05, 3.63) is 175 Å². The Labute approximate surface area is 277 Å². The molecule has 6 aromatic carbocycles. The average Bonchev–Trinajstić information content (AvgIpc) is 3.68. The monoisotopic (exact) mass is 614 g/mol. The van der Waals surface area contributed by atoms with Crippen molar-refractivity contribution < 1.29 is 0 Å². The maximum atomic E-state index is 5.42. The number of aromatic nitrogens is 4. The maximum Gasteiger partial charge on any atom is 0.164 e. The van der Waals surface area contributed by atoms with E-state index >= 15 is 0 Å². The zero-order valence-electron chi connectivity index (χ0n) is 26.2. The van der Waals surface area contributed by atoms with Crippen LogP contribution in [0.15, 0.2) is 164 Å². The normalized spacial score (nSPS) is 14.8. The van der Waals surface area contributed by atoms with E-state index in [9.17, 15) is 0 Å². The lowest BCUT2D eigenvalue weighted by Gasteiger charge is -2.21. The third kappa shape index (κ3) is 4.02. The minimum Gasteiger partial charge on any atom is -0.309 e. The number of fused-ring (bicyclic) bond motifs is 8. The zero-order chi connectivity index (χ0) is 31.6. The van der Waals surface area contributed by atoms with Crippen LogP contribution in [0.3, 0.4) is 0 Å². The zero-order valence-corrected chi connectivity index (χ0v) is 26.2. The summed E-state index contributed by atoms with van der Waals surface area (Å²) in [4.78, 5) is 10.8. The van der Waals surface area contributed by atoms with Crippen LogP contribution in [-0.4, -0.2) is 19.1 Å². The first-order valence-corrected chi connectivity index (χ1v) is 16.5. The fraction of sp³-hybridized carbons (Fsp3) is 0.0455. The summed E-state index contributed by atoms with van der Waals surface area (Å²) in [6, 6.07) is 51.7. The molecular weight excluding hydrogens is 585 g/mol. The van der Waals surface area contributed by atoms with Crippen LogP contribution in [0, 0.1) is 0 Å². The first-order valence-electron chi connectivity index (χ1n) is 16.5. The van der Waals surface area contributed by atoms with Crippen LogP contribution in [0.4, 0.5) is 0 Å². The Bertz CT molecular complexity index is 2750. The molecule has 0 N–H and O–H groups in total. The van der Waals surface area contributed by atoms with Gasteiger partial charge in [-0.2, -0.15) is 0 Å². The molecule has 1 aliphatic carbocycles. The van der Waals surface area contributed by atoms with Gasteiger partial charge in [0.25, 0.3) is 0 Å².